The highest BCUT2D eigenvalue weighted by atomic mass is 16.5. The van der Waals surface area contributed by atoms with Gasteiger partial charge in [0.2, 0.25) is 0 Å². The van der Waals surface area contributed by atoms with Crippen molar-refractivity contribution >= 4 is 17.3 Å². The van der Waals surface area contributed by atoms with Gasteiger partial charge >= 0.3 is 0 Å². The van der Waals surface area contributed by atoms with E-state index in [1.807, 2.05) is 19.1 Å². The predicted molar refractivity (Wildman–Crippen MR) is 107 cm³/mol. The summed E-state index contributed by atoms with van der Waals surface area (Å²) in [5.74, 6) is 0.0866. The molecule has 0 radical (unpaired) electrons. The van der Waals surface area contributed by atoms with Crippen molar-refractivity contribution in [3.8, 4) is 0 Å². The maximum absolute atomic E-state index is 12.8. The Kier molecular flexibility index (Phi) is 5.41. The molecule has 2 aromatic rings. The van der Waals surface area contributed by atoms with Crippen LogP contribution in [-0.2, 0) is 22.5 Å². The second kappa shape index (κ2) is 8.11. The van der Waals surface area contributed by atoms with Gasteiger partial charge in [0.1, 0.15) is 6.54 Å². The van der Waals surface area contributed by atoms with Crippen LogP contribution in [0.25, 0.3) is 0 Å². The van der Waals surface area contributed by atoms with Crippen LogP contribution >= 0.6 is 0 Å². The smallest absolute Gasteiger partial charge is 0.282 e. The Bertz CT molecular complexity index is 784. The third kappa shape index (κ3) is 4.15. The van der Waals surface area contributed by atoms with E-state index in [1.165, 1.54) is 21.7 Å². The highest BCUT2D eigenvalue weighted by Gasteiger charge is 2.28. The number of carbonyl (C=O) groups is 1. The standard InChI is InChI=1S/C22H27N3O2/c1-17(25-11-10-18-4-2-3-5-19(18)16-25)22(26)23-20-6-8-21(9-7-20)24-12-14-27-15-13-24/h2-9,17H,10-16H2,1H3,(H,23,26)/p+1/t17-/m0/s1. The lowest BCUT2D eigenvalue weighted by molar-refractivity contribution is -0.929. The van der Waals surface area contributed by atoms with Gasteiger partial charge in [0.05, 0.1) is 19.8 Å². The number of quaternary nitrogens is 1. The monoisotopic (exact) mass is 366 g/mol. The first kappa shape index (κ1) is 18.0. The van der Waals surface area contributed by atoms with E-state index >= 15 is 0 Å². The van der Waals surface area contributed by atoms with E-state index in [-0.39, 0.29) is 11.9 Å². The van der Waals surface area contributed by atoms with Crippen LogP contribution < -0.4 is 15.1 Å². The second-order valence-corrected chi connectivity index (χ2v) is 7.46. The van der Waals surface area contributed by atoms with Crippen LogP contribution in [0.4, 0.5) is 11.4 Å². The number of amides is 1. The third-order valence-electron chi connectivity index (χ3n) is 5.77. The Balaban J connectivity index is 1.36. The summed E-state index contributed by atoms with van der Waals surface area (Å²) >= 11 is 0. The van der Waals surface area contributed by atoms with Gasteiger partial charge < -0.3 is 19.9 Å². The highest BCUT2D eigenvalue weighted by Crippen LogP contribution is 2.19. The number of ether oxygens (including phenoxy) is 1. The molecule has 142 valence electrons. The van der Waals surface area contributed by atoms with Crippen molar-refractivity contribution in [3.05, 3.63) is 59.7 Å². The maximum atomic E-state index is 12.8. The summed E-state index contributed by atoms with van der Waals surface area (Å²) in [5, 5.41) is 3.09. The topological polar surface area (TPSA) is 46.0 Å². The van der Waals surface area contributed by atoms with Gasteiger partial charge in [-0.2, -0.15) is 0 Å². The van der Waals surface area contributed by atoms with Gasteiger partial charge in [-0.25, -0.2) is 0 Å². The van der Waals surface area contributed by atoms with E-state index in [0.29, 0.717) is 0 Å². The minimum Gasteiger partial charge on any atom is -0.378 e. The molecule has 2 heterocycles. The number of fused-ring (bicyclic) bond motifs is 1. The van der Waals surface area contributed by atoms with Gasteiger partial charge in [-0.05, 0) is 36.8 Å². The Morgan fingerprint density at radius 3 is 2.52 bits per heavy atom. The molecule has 0 bridgehead atoms. The summed E-state index contributed by atoms with van der Waals surface area (Å²) < 4.78 is 5.40. The van der Waals surface area contributed by atoms with Crippen molar-refractivity contribution in [1.29, 1.82) is 0 Å². The van der Waals surface area contributed by atoms with E-state index in [0.717, 1.165) is 51.5 Å². The fraction of sp³-hybridized carbons (Fsp3) is 0.409. The first-order valence-electron chi connectivity index (χ1n) is 9.86. The lowest BCUT2D eigenvalue weighted by Gasteiger charge is -2.30. The highest BCUT2D eigenvalue weighted by molar-refractivity contribution is 5.93. The molecule has 0 aromatic heterocycles. The van der Waals surface area contributed by atoms with Crippen LogP contribution in [0.1, 0.15) is 18.1 Å². The lowest BCUT2D eigenvalue weighted by atomic mass is 9.99. The zero-order valence-corrected chi connectivity index (χ0v) is 15.9. The number of nitrogens with zero attached hydrogens (tertiary/aromatic N) is 1. The first-order chi connectivity index (χ1) is 13.2. The van der Waals surface area contributed by atoms with Crippen LogP contribution in [-0.4, -0.2) is 44.8 Å². The average molecular weight is 366 g/mol. The Labute approximate surface area is 160 Å². The van der Waals surface area contributed by atoms with Gasteiger partial charge in [0, 0.05) is 36.4 Å². The molecular formula is C22H28N3O2+. The molecule has 5 heteroatoms. The molecular weight excluding hydrogens is 338 g/mol. The number of hydrogen-bond acceptors (Lipinski definition) is 3. The number of anilines is 2. The molecule has 5 nitrogen and oxygen atoms in total. The summed E-state index contributed by atoms with van der Waals surface area (Å²) in [4.78, 5) is 16.4. The molecule has 0 saturated carbocycles. The SMILES string of the molecule is C[C@@H](C(=O)Nc1ccc(N2CCOCC2)cc1)[NH+]1CCc2ccccc2C1. The zero-order valence-electron chi connectivity index (χ0n) is 15.9. The predicted octanol–water partition coefficient (Wildman–Crippen LogP) is 1.49. The van der Waals surface area contributed by atoms with Gasteiger partial charge in [-0.15, -0.1) is 0 Å². The van der Waals surface area contributed by atoms with Crippen molar-refractivity contribution in [2.45, 2.75) is 25.9 Å². The molecule has 4 rings (SSSR count). The number of hydrogen-bond donors (Lipinski definition) is 2. The normalized spacial score (nSPS) is 20.6. The lowest BCUT2D eigenvalue weighted by Crippen LogP contribution is -3.16. The minimum atomic E-state index is -0.0720. The first-order valence-corrected chi connectivity index (χ1v) is 9.86. The fourth-order valence-electron chi connectivity index (χ4n) is 3.98. The quantitative estimate of drug-likeness (QED) is 0.862. The van der Waals surface area contributed by atoms with Crippen LogP contribution in [0.15, 0.2) is 48.5 Å². The van der Waals surface area contributed by atoms with E-state index < -0.39 is 0 Å². The van der Waals surface area contributed by atoms with Crippen LogP contribution in [0, 0.1) is 0 Å². The van der Waals surface area contributed by atoms with Gasteiger partial charge in [0.25, 0.3) is 5.91 Å². The largest absolute Gasteiger partial charge is 0.378 e. The Hall–Kier alpha value is -2.37. The van der Waals surface area contributed by atoms with Crippen LogP contribution in [0.5, 0.6) is 0 Å². The van der Waals surface area contributed by atoms with Crippen molar-refractivity contribution in [3.63, 3.8) is 0 Å². The van der Waals surface area contributed by atoms with E-state index in [4.69, 9.17) is 4.74 Å². The summed E-state index contributed by atoms with van der Waals surface area (Å²) in [5.41, 5.74) is 4.84. The molecule has 2 N–H and O–H groups in total. The molecule has 2 aliphatic rings. The summed E-state index contributed by atoms with van der Waals surface area (Å²) in [6, 6.07) is 16.6. The van der Waals surface area contributed by atoms with Gasteiger partial charge in [-0.1, -0.05) is 24.3 Å². The minimum absolute atomic E-state index is 0.0720. The molecule has 0 aliphatic carbocycles. The molecule has 2 aromatic carbocycles. The van der Waals surface area contributed by atoms with E-state index in [2.05, 4.69) is 46.6 Å². The van der Waals surface area contributed by atoms with Crippen molar-refractivity contribution in [2.75, 3.05) is 43.1 Å². The van der Waals surface area contributed by atoms with Crippen LogP contribution in [0.3, 0.4) is 0 Å². The Morgan fingerprint density at radius 1 is 1.07 bits per heavy atom. The molecule has 1 unspecified atom stereocenters. The second-order valence-electron chi connectivity index (χ2n) is 7.46. The van der Waals surface area contributed by atoms with Gasteiger partial charge in [-0.3, -0.25) is 4.79 Å². The van der Waals surface area contributed by atoms with E-state index in [9.17, 15) is 4.79 Å². The average Bonchev–Trinajstić information content (AvgIpc) is 2.74. The molecule has 27 heavy (non-hydrogen) atoms. The van der Waals surface area contributed by atoms with Crippen molar-refractivity contribution in [1.82, 2.24) is 0 Å². The molecule has 0 spiro atoms. The van der Waals surface area contributed by atoms with Crippen molar-refractivity contribution < 1.29 is 14.4 Å². The third-order valence-corrected chi connectivity index (χ3v) is 5.77. The number of rotatable bonds is 4. The summed E-state index contributed by atoms with van der Waals surface area (Å²) in [6.45, 7) is 7.34. The zero-order chi connectivity index (χ0) is 18.6. The maximum Gasteiger partial charge on any atom is 0.282 e. The van der Waals surface area contributed by atoms with Gasteiger partial charge in [0.15, 0.2) is 6.04 Å². The summed E-state index contributed by atoms with van der Waals surface area (Å²) in [6.07, 6.45) is 1.04. The van der Waals surface area contributed by atoms with Crippen molar-refractivity contribution in [2.24, 2.45) is 0 Å². The van der Waals surface area contributed by atoms with Crippen LogP contribution in [0.2, 0.25) is 0 Å². The Morgan fingerprint density at radius 2 is 1.78 bits per heavy atom. The number of carbonyl (C=O) groups excluding carboxylic acids is 1. The summed E-state index contributed by atoms with van der Waals surface area (Å²) in [7, 11) is 0. The number of nitrogens with one attached hydrogen (secondary N) is 2. The fourth-order valence-corrected chi connectivity index (χ4v) is 3.98. The number of morpholine rings is 1. The molecule has 1 fully saturated rings. The molecule has 2 aliphatic heterocycles. The molecule has 1 saturated heterocycles. The molecule has 2 atom stereocenters. The van der Waals surface area contributed by atoms with E-state index in [1.54, 1.807) is 0 Å². The molecule has 1 amide bonds. The number of benzene rings is 2.